The van der Waals surface area contributed by atoms with E-state index in [1.165, 1.54) is 17.7 Å². The number of pyridine rings is 1. The summed E-state index contributed by atoms with van der Waals surface area (Å²) < 4.78 is 13.4. The number of aromatic nitrogens is 1. The van der Waals surface area contributed by atoms with Gasteiger partial charge in [-0.25, -0.2) is 4.39 Å². The molecule has 0 saturated carbocycles. The molecule has 0 aliphatic carbocycles. The van der Waals surface area contributed by atoms with Crippen LogP contribution in [0.25, 0.3) is 10.9 Å². The fourth-order valence-electron chi connectivity index (χ4n) is 4.09. The van der Waals surface area contributed by atoms with Gasteiger partial charge < -0.3 is 15.2 Å². The van der Waals surface area contributed by atoms with Crippen LogP contribution in [0, 0.1) is 19.7 Å². The molecule has 0 bridgehead atoms. The maximum atomic E-state index is 13.4. The molecule has 0 saturated heterocycles. The van der Waals surface area contributed by atoms with Gasteiger partial charge >= 0.3 is 0 Å². The Balaban J connectivity index is 1.65. The van der Waals surface area contributed by atoms with E-state index < -0.39 is 0 Å². The van der Waals surface area contributed by atoms with Gasteiger partial charge in [-0.15, -0.1) is 0 Å². The van der Waals surface area contributed by atoms with Crippen molar-refractivity contribution in [2.45, 2.75) is 40.3 Å². The number of hydrogen-bond donors (Lipinski definition) is 2. The van der Waals surface area contributed by atoms with Crippen LogP contribution in [0.1, 0.15) is 34.7 Å². The molecule has 174 valence electrons. The van der Waals surface area contributed by atoms with Gasteiger partial charge in [-0.2, -0.15) is 0 Å². The van der Waals surface area contributed by atoms with E-state index in [0.717, 1.165) is 39.7 Å². The molecule has 0 spiro atoms. The second-order valence-corrected chi connectivity index (χ2v) is 9.02. The monoisotopic (exact) mass is 473 g/mol. The highest BCUT2D eigenvalue weighted by Crippen LogP contribution is 2.20. The predicted molar refractivity (Wildman–Crippen MR) is 142 cm³/mol. The van der Waals surface area contributed by atoms with Gasteiger partial charge in [0.2, 0.25) is 0 Å². The van der Waals surface area contributed by atoms with Gasteiger partial charge in [-0.3, -0.25) is 4.79 Å². The Labute approximate surface area is 204 Å². The van der Waals surface area contributed by atoms with Gasteiger partial charge in [0.05, 0.1) is 12.1 Å². The number of anilines is 1. The first-order valence-electron chi connectivity index (χ1n) is 11.3. The molecule has 2 N–H and O–H groups in total. The maximum absolute atomic E-state index is 13.4. The summed E-state index contributed by atoms with van der Waals surface area (Å²) in [6.07, 6.45) is 0.963. The Morgan fingerprint density at radius 1 is 0.971 bits per heavy atom. The number of H-pyrrole nitrogens is 1. The van der Waals surface area contributed by atoms with Crippen molar-refractivity contribution in [1.29, 1.82) is 0 Å². The number of aromatic amines is 1. The molecule has 0 fully saturated rings. The van der Waals surface area contributed by atoms with Crippen molar-refractivity contribution >= 4 is 33.9 Å². The highest BCUT2D eigenvalue weighted by molar-refractivity contribution is 7.80. The van der Waals surface area contributed by atoms with Gasteiger partial charge in [0.15, 0.2) is 5.11 Å². The fourth-order valence-corrected chi connectivity index (χ4v) is 4.34. The molecule has 4 nitrogen and oxygen atoms in total. The van der Waals surface area contributed by atoms with Gasteiger partial charge in [0.25, 0.3) is 5.56 Å². The largest absolute Gasteiger partial charge is 0.340 e. The second-order valence-electron chi connectivity index (χ2n) is 8.63. The molecule has 6 heteroatoms. The van der Waals surface area contributed by atoms with Crippen LogP contribution in [-0.2, 0) is 19.5 Å². The lowest BCUT2D eigenvalue weighted by Crippen LogP contribution is -2.35. The van der Waals surface area contributed by atoms with E-state index in [1.807, 2.05) is 36.9 Å². The Morgan fingerprint density at radius 2 is 1.65 bits per heavy atom. The van der Waals surface area contributed by atoms with Crippen molar-refractivity contribution in [3.05, 3.63) is 111 Å². The van der Waals surface area contributed by atoms with Crippen molar-refractivity contribution in [3.8, 4) is 0 Å². The third-order valence-electron chi connectivity index (χ3n) is 5.92. The molecule has 34 heavy (non-hydrogen) atoms. The molecule has 1 aromatic heterocycles. The van der Waals surface area contributed by atoms with E-state index in [-0.39, 0.29) is 11.4 Å². The van der Waals surface area contributed by atoms with Crippen molar-refractivity contribution in [3.63, 3.8) is 0 Å². The van der Waals surface area contributed by atoms with E-state index in [4.69, 9.17) is 12.2 Å². The van der Waals surface area contributed by atoms with Gasteiger partial charge in [-0.05, 0) is 91.0 Å². The molecular weight excluding hydrogens is 445 g/mol. The van der Waals surface area contributed by atoms with Crippen LogP contribution in [0.4, 0.5) is 10.1 Å². The number of halogens is 1. The third-order valence-corrected chi connectivity index (χ3v) is 6.28. The van der Waals surface area contributed by atoms with Gasteiger partial charge in [0.1, 0.15) is 5.82 Å². The number of benzene rings is 3. The number of thiocarbonyl (C=S) groups is 1. The van der Waals surface area contributed by atoms with E-state index >= 15 is 0 Å². The molecule has 0 aliphatic rings. The zero-order chi connectivity index (χ0) is 24.2. The van der Waals surface area contributed by atoms with Crippen LogP contribution in [0.5, 0.6) is 0 Å². The highest BCUT2D eigenvalue weighted by Gasteiger charge is 2.15. The average molecular weight is 474 g/mol. The van der Waals surface area contributed by atoms with E-state index in [1.54, 1.807) is 12.1 Å². The molecule has 4 aromatic rings. The summed E-state index contributed by atoms with van der Waals surface area (Å²) in [6, 6.07) is 20.5. The quantitative estimate of drug-likeness (QED) is 0.325. The smallest absolute Gasteiger partial charge is 0.253 e. The normalized spacial score (nSPS) is 10.9. The number of hydrogen-bond acceptors (Lipinski definition) is 2. The van der Waals surface area contributed by atoms with E-state index in [0.29, 0.717) is 23.8 Å². The second kappa shape index (κ2) is 10.2. The summed E-state index contributed by atoms with van der Waals surface area (Å²) in [7, 11) is 0. The number of fused-ring (bicyclic) bond motifs is 1. The first kappa shape index (κ1) is 23.6. The van der Waals surface area contributed by atoms with Crippen LogP contribution >= 0.6 is 12.2 Å². The minimum absolute atomic E-state index is 0.140. The SMILES string of the molecule is CCc1ccc(NC(=S)N(Cc2ccc(F)cc2)Cc2cc3cc(C)cc(C)c3[nH]c2=O)cc1. The number of nitrogens with zero attached hydrogens (tertiary/aromatic N) is 1. The predicted octanol–water partition coefficient (Wildman–Crippen LogP) is 6.25. The lowest BCUT2D eigenvalue weighted by molar-refractivity contribution is 0.411. The van der Waals surface area contributed by atoms with Crippen molar-refractivity contribution in [2.24, 2.45) is 0 Å². The number of rotatable bonds is 6. The molecule has 0 aliphatic heterocycles. The summed E-state index contributed by atoms with van der Waals surface area (Å²) in [5.41, 5.74) is 6.52. The molecule has 4 rings (SSSR count). The molecule has 0 amide bonds. The van der Waals surface area contributed by atoms with Crippen molar-refractivity contribution in [2.75, 3.05) is 5.32 Å². The molecule has 1 heterocycles. The average Bonchev–Trinajstić information content (AvgIpc) is 2.81. The van der Waals surface area contributed by atoms with Crippen LogP contribution in [0.15, 0.2) is 71.5 Å². The Bertz CT molecular complexity index is 1380. The Hall–Kier alpha value is -3.51. The lowest BCUT2D eigenvalue weighted by atomic mass is 10.1. The lowest BCUT2D eigenvalue weighted by Gasteiger charge is -2.26. The molecule has 0 unspecified atom stereocenters. The van der Waals surface area contributed by atoms with Crippen LogP contribution < -0.4 is 10.9 Å². The van der Waals surface area contributed by atoms with Crippen LogP contribution in [0.2, 0.25) is 0 Å². The zero-order valence-corrected chi connectivity index (χ0v) is 20.4. The topological polar surface area (TPSA) is 48.1 Å². The van der Waals surface area contributed by atoms with E-state index in [2.05, 4.69) is 41.5 Å². The summed E-state index contributed by atoms with van der Waals surface area (Å²) in [4.78, 5) is 17.9. The number of aryl methyl sites for hydroxylation is 3. The minimum atomic E-state index is -0.288. The standard InChI is InChI=1S/C28H28FN3OS/c1-4-20-7-11-25(12-8-20)30-28(34)32(16-21-5-9-24(29)10-6-21)17-23-15-22-14-18(2)13-19(3)26(22)31-27(23)33/h5-15H,4,16-17H2,1-3H3,(H,30,34)(H,31,33). The maximum Gasteiger partial charge on any atom is 0.253 e. The Morgan fingerprint density at radius 3 is 2.32 bits per heavy atom. The summed E-state index contributed by atoms with van der Waals surface area (Å²) >= 11 is 5.75. The molecular formula is C28H28FN3OS. The van der Waals surface area contributed by atoms with Gasteiger partial charge in [-0.1, -0.05) is 42.8 Å². The fraction of sp³-hybridized carbons (Fsp3) is 0.214. The molecule has 0 atom stereocenters. The number of nitrogens with one attached hydrogen (secondary N) is 2. The van der Waals surface area contributed by atoms with Crippen LogP contribution in [0.3, 0.4) is 0 Å². The first-order chi connectivity index (χ1) is 16.3. The third kappa shape index (κ3) is 5.51. The van der Waals surface area contributed by atoms with Crippen molar-refractivity contribution in [1.82, 2.24) is 9.88 Å². The minimum Gasteiger partial charge on any atom is -0.340 e. The molecule has 3 aromatic carbocycles. The van der Waals surface area contributed by atoms with E-state index in [9.17, 15) is 9.18 Å². The molecule has 0 radical (unpaired) electrons. The van der Waals surface area contributed by atoms with Crippen molar-refractivity contribution < 1.29 is 4.39 Å². The van der Waals surface area contributed by atoms with Gasteiger partial charge in [0, 0.05) is 17.8 Å². The summed E-state index contributed by atoms with van der Waals surface area (Å²) in [5, 5.41) is 4.77. The summed E-state index contributed by atoms with van der Waals surface area (Å²) in [5.74, 6) is -0.288. The Kier molecular flexibility index (Phi) is 7.08. The first-order valence-corrected chi connectivity index (χ1v) is 11.8. The highest BCUT2D eigenvalue weighted by atomic mass is 32.1. The summed E-state index contributed by atoms with van der Waals surface area (Å²) in [6.45, 7) is 6.90. The van der Waals surface area contributed by atoms with Crippen LogP contribution in [-0.4, -0.2) is 15.0 Å². The zero-order valence-electron chi connectivity index (χ0n) is 19.6.